The lowest BCUT2D eigenvalue weighted by Gasteiger charge is -2.11. The zero-order chi connectivity index (χ0) is 14.9. The fourth-order valence-electron chi connectivity index (χ4n) is 1.93. The normalized spacial score (nSPS) is 10.2. The number of hydrogen-bond acceptors (Lipinski definition) is 4. The molecule has 0 aliphatic rings. The van der Waals surface area contributed by atoms with E-state index in [0.29, 0.717) is 13.2 Å². The summed E-state index contributed by atoms with van der Waals surface area (Å²) in [5.74, 6) is 1.70. The second-order valence-corrected chi connectivity index (χ2v) is 4.54. The fourth-order valence-corrected chi connectivity index (χ4v) is 1.93. The third-order valence-corrected chi connectivity index (χ3v) is 3.07. The lowest BCUT2D eigenvalue weighted by Crippen LogP contribution is -2.04. The van der Waals surface area contributed by atoms with Crippen LogP contribution in [-0.2, 0) is 11.3 Å². The maximum absolute atomic E-state index is 5.54. The van der Waals surface area contributed by atoms with E-state index in [0.717, 1.165) is 23.7 Å². The van der Waals surface area contributed by atoms with E-state index < -0.39 is 0 Å². The van der Waals surface area contributed by atoms with Crippen LogP contribution in [0.2, 0.25) is 0 Å². The molecule has 0 aromatic heterocycles. The van der Waals surface area contributed by atoms with Crippen LogP contribution >= 0.6 is 0 Å². The van der Waals surface area contributed by atoms with Gasteiger partial charge < -0.3 is 19.5 Å². The van der Waals surface area contributed by atoms with Crippen molar-refractivity contribution >= 4 is 5.69 Å². The topological polar surface area (TPSA) is 39.7 Å². The first-order chi connectivity index (χ1) is 10.3. The van der Waals surface area contributed by atoms with Crippen LogP contribution in [-0.4, -0.2) is 27.4 Å². The van der Waals surface area contributed by atoms with E-state index in [1.165, 1.54) is 5.56 Å². The standard InChI is InChI=1S/C17H21NO3/c1-19-11-12-21-15-9-7-14(8-10-15)13-18-16-5-3-4-6-17(16)20-2/h3-10,18H,11-13H2,1-2H3. The van der Waals surface area contributed by atoms with Crippen molar-refractivity contribution in [1.82, 2.24) is 0 Å². The van der Waals surface area contributed by atoms with Crippen LogP contribution in [0.4, 0.5) is 5.69 Å². The molecule has 0 atom stereocenters. The number of ether oxygens (including phenoxy) is 3. The zero-order valence-corrected chi connectivity index (χ0v) is 12.5. The average Bonchev–Trinajstić information content (AvgIpc) is 2.54. The second kappa shape index (κ2) is 8.17. The van der Waals surface area contributed by atoms with Gasteiger partial charge in [-0.05, 0) is 29.8 Å². The van der Waals surface area contributed by atoms with E-state index in [9.17, 15) is 0 Å². The van der Waals surface area contributed by atoms with Crippen molar-refractivity contribution in [2.75, 3.05) is 32.8 Å². The van der Waals surface area contributed by atoms with Gasteiger partial charge in [0.15, 0.2) is 0 Å². The predicted molar refractivity (Wildman–Crippen MR) is 84.1 cm³/mol. The smallest absolute Gasteiger partial charge is 0.141 e. The summed E-state index contributed by atoms with van der Waals surface area (Å²) < 4.78 is 15.8. The van der Waals surface area contributed by atoms with E-state index in [2.05, 4.69) is 5.32 Å². The number of methoxy groups -OCH3 is 2. The minimum absolute atomic E-state index is 0.565. The summed E-state index contributed by atoms with van der Waals surface area (Å²) >= 11 is 0. The summed E-state index contributed by atoms with van der Waals surface area (Å²) in [6.45, 7) is 1.89. The van der Waals surface area contributed by atoms with Gasteiger partial charge in [0.1, 0.15) is 18.1 Å². The number of rotatable bonds is 8. The minimum Gasteiger partial charge on any atom is -0.495 e. The third kappa shape index (κ3) is 4.68. The van der Waals surface area contributed by atoms with Gasteiger partial charge in [0.2, 0.25) is 0 Å². The summed E-state index contributed by atoms with van der Waals surface area (Å²) in [5, 5.41) is 3.37. The van der Waals surface area contributed by atoms with Crippen molar-refractivity contribution in [1.29, 1.82) is 0 Å². The Kier molecular flexibility index (Phi) is 5.91. The molecule has 2 aromatic carbocycles. The predicted octanol–water partition coefficient (Wildman–Crippen LogP) is 3.33. The Morgan fingerprint density at radius 1 is 0.905 bits per heavy atom. The van der Waals surface area contributed by atoms with Crippen LogP contribution < -0.4 is 14.8 Å². The minimum atomic E-state index is 0.565. The van der Waals surface area contributed by atoms with Gasteiger partial charge in [0.05, 0.1) is 19.4 Å². The Morgan fingerprint density at radius 3 is 2.38 bits per heavy atom. The first kappa shape index (κ1) is 15.2. The molecule has 0 amide bonds. The Hall–Kier alpha value is -2.20. The van der Waals surface area contributed by atoms with Gasteiger partial charge in [0.25, 0.3) is 0 Å². The van der Waals surface area contributed by atoms with Crippen molar-refractivity contribution in [2.24, 2.45) is 0 Å². The van der Waals surface area contributed by atoms with E-state index in [1.54, 1.807) is 14.2 Å². The maximum atomic E-state index is 5.54. The molecule has 112 valence electrons. The zero-order valence-electron chi connectivity index (χ0n) is 12.5. The SMILES string of the molecule is COCCOc1ccc(CNc2ccccc2OC)cc1. The molecule has 2 rings (SSSR count). The molecule has 0 unspecified atom stereocenters. The maximum Gasteiger partial charge on any atom is 0.141 e. The molecule has 21 heavy (non-hydrogen) atoms. The first-order valence-electron chi connectivity index (χ1n) is 6.91. The first-order valence-corrected chi connectivity index (χ1v) is 6.91. The molecule has 4 heteroatoms. The summed E-state index contributed by atoms with van der Waals surface area (Å²) in [6, 6.07) is 15.9. The molecule has 2 aromatic rings. The van der Waals surface area contributed by atoms with Crippen molar-refractivity contribution < 1.29 is 14.2 Å². The van der Waals surface area contributed by atoms with Crippen LogP contribution in [0.15, 0.2) is 48.5 Å². The number of para-hydroxylation sites is 2. The van der Waals surface area contributed by atoms with Crippen LogP contribution in [0.25, 0.3) is 0 Å². The lowest BCUT2D eigenvalue weighted by atomic mass is 10.2. The highest BCUT2D eigenvalue weighted by atomic mass is 16.5. The molecular weight excluding hydrogens is 266 g/mol. The number of benzene rings is 2. The number of anilines is 1. The van der Waals surface area contributed by atoms with E-state index in [1.807, 2.05) is 48.5 Å². The number of hydrogen-bond donors (Lipinski definition) is 1. The Labute approximate surface area is 125 Å². The molecule has 0 radical (unpaired) electrons. The Morgan fingerprint density at radius 2 is 1.67 bits per heavy atom. The highest BCUT2D eigenvalue weighted by Crippen LogP contribution is 2.23. The van der Waals surface area contributed by atoms with Gasteiger partial charge in [-0.15, -0.1) is 0 Å². The molecular formula is C17H21NO3. The van der Waals surface area contributed by atoms with Crippen molar-refractivity contribution in [3.63, 3.8) is 0 Å². The van der Waals surface area contributed by atoms with Gasteiger partial charge in [-0.3, -0.25) is 0 Å². The molecule has 0 spiro atoms. The summed E-state index contributed by atoms with van der Waals surface area (Å²) in [7, 11) is 3.34. The van der Waals surface area contributed by atoms with Crippen LogP contribution in [0, 0.1) is 0 Å². The summed E-state index contributed by atoms with van der Waals surface area (Å²) in [4.78, 5) is 0. The summed E-state index contributed by atoms with van der Waals surface area (Å²) in [5.41, 5.74) is 2.17. The van der Waals surface area contributed by atoms with Crippen LogP contribution in [0.3, 0.4) is 0 Å². The lowest BCUT2D eigenvalue weighted by molar-refractivity contribution is 0.146. The Bertz CT molecular complexity index is 540. The number of nitrogens with one attached hydrogen (secondary N) is 1. The van der Waals surface area contributed by atoms with Gasteiger partial charge >= 0.3 is 0 Å². The van der Waals surface area contributed by atoms with Crippen LogP contribution in [0.1, 0.15) is 5.56 Å². The monoisotopic (exact) mass is 287 g/mol. The molecule has 0 fully saturated rings. The average molecular weight is 287 g/mol. The second-order valence-electron chi connectivity index (χ2n) is 4.54. The van der Waals surface area contributed by atoms with Crippen molar-refractivity contribution in [3.05, 3.63) is 54.1 Å². The quantitative estimate of drug-likeness (QED) is 0.756. The molecule has 0 bridgehead atoms. The van der Waals surface area contributed by atoms with Gasteiger partial charge in [-0.1, -0.05) is 24.3 Å². The molecule has 1 N–H and O–H groups in total. The summed E-state index contributed by atoms with van der Waals surface area (Å²) in [6.07, 6.45) is 0. The largest absolute Gasteiger partial charge is 0.495 e. The molecule has 0 saturated heterocycles. The molecule has 4 nitrogen and oxygen atoms in total. The van der Waals surface area contributed by atoms with E-state index in [4.69, 9.17) is 14.2 Å². The van der Waals surface area contributed by atoms with Crippen molar-refractivity contribution in [2.45, 2.75) is 6.54 Å². The third-order valence-electron chi connectivity index (χ3n) is 3.07. The van der Waals surface area contributed by atoms with Gasteiger partial charge in [0, 0.05) is 13.7 Å². The van der Waals surface area contributed by atoms with E-state index in [-0.39, 0.29) is 0 Å². The Balaban J connectivity index is 1.88. The highest BCUT2D eigenvalue weighted by Gasteiger charge is 2.01. The van der Waals surface area contributed by atoms with Gasteiger partial charge in [-0.2, -0.15) is 0 Å². The van der Waals surface area contributed by atoms with Crippen molar-refractivity contribution in [3.8, 4) is 11.5 Å². The molecule has 0 heterocycles. The molecule has 0 saturated carbocycles. The highest BCUT2D eigenvalue weighted by molar-refractivity contribution is 5.56. The van der Waals surface area contributed by atoms with E-state index >= 15 is 0 Å². The van der Waals surface area contributed by atoms with Gasteiger partial charge in [-0.25, -0.2) is 0 Å². The van der Waals surface area contributed by atoms with Crippen LogP contribution in [0.5, 0.6) is 11.5 Å². The molecule has 0 aliphatic carbocycles. The fraction of sp³-hybridized carbons (Fsp3) is 0.294. The molecule has 0 aliphatic heterocycles.